The van der Waals surface area contributed by atoms with Gasteiger partial charge >= 0.3 is 6.03 Å². The molecule has 4 rings (SSSR count). The number of nitrogens with one attached hydrogen (secondary N) is 1. The molecule has 1 heterocycles. The summed E-state index contributed by atoms with van der Waals surface area (Å²) >= 11 is 0. The topological polar surface area (TPSA) is 41.6 Å². The first kappa shape index (κ1) is 17.0. The standard InChI is InChI=1S/C22H26N2O2/c1-15-8-9-21(26-2)20(10-15)23-22(25)24-13-18-11-17(12-19(18)14-24)16-6-4-3-5-7-16/h3-10,17-19H,11-14H2,1-2H3,(H,23,25). The highest BCUT2D eigenvalue weighted by Gasteiger charge is 2.42. The average Bonchev–Trinajstić information content (AvgIpc) is 3.22. The summed E-state index contributed by atoms with van der Waals surface area (Å²) in [4.78, 5) is 14.7. The molecule has 0 spiro atoms. The molecule has 1 aliphatic carbocycles. The second-order valence-electron chi connectivity index (χ2n) is 7.64. The SMILES string of the molecule is COc1ccc(C)cc1NC(=O)N1CC2CC(c3ccccc3)CC2C1. The number of ether oxygens (including phenoxy) is 1. The van der Waals surface area contributed by atoms with Crippen molar-refractivity contribution in [2.24, 2.45) is 11.8 Å². The van der Waals surface area contributed by atoms with E-state index >= 15 is 0 Å². The van der Waals surface area contributed by atoms with Crippen LogP contribution in [0.25, 0.3) is 0 Å². The van der Waals surface area contributed by atoms with E-state index in [2.05, 4.69) is 35.6 Å². The van der Waals surface area contributed by atoms with E-state index < -0.39 is 0 Å². The van der Waals surface area contributed by atoms with E-state index in [-0.39, 0.29) is 6.03 Å². The summed E-state index contributed by atoms with van der Waals surface area (Å²) in [6, 6.07) is 16.6. The zero-order valence-electron chi connectivity index (χ0n) is 15.4. The Morgan fingerprint density at radius 1 is 1.08 bits per heavy atom. The minimum atomic E-state index is -0.0143. The molecular weight excluding hydrogens is 324 g/mol. The summed E-state index contributed by atoms with van der Waals surface area (Å²) in [6.45, 7) is 3.72. The molecule has 0 aromatic heterocycles. The van der Waals surface area contributed by atoms with Gasteiger partial charge < -0.3 is 15.0 Å². The van der Waals surface area contributed by atoms with E-state index in [4.69, 9.17) is 4.74 Å². The summed E-state index contributed by atoms with van der Waals surface area (Å²) in [5, 5.41) is 3.04. The van der Waals surface area contributed by atoms with Crippen LogP contribution < -0.4 is 10.1 Å². The number of aryl methyl sites for hydroxylation is 1. The minimum Gasteiger partial charge on any atom is -0.495 e. The van der Waals surface area contributed by atoms with E-state index in [9.17, 15) is 4.79 Å². The number of hydrogen-bond acceptors (Lipinski definition) is 2. The maximum absolute atomic E-state index is 12.7. The Labute approximate surface area is 155 Å². The van der Waals surface area contributed by atoms with Gasteiger partial charge in [0, 0.05) is 13.1 Å². The van der Waals surface area contributed by atoms with Crippen LogP contribution in [0, 0.1) is 18.8 Å². The van der Waals surface area contributed by atoms with E-state index in [0.29, 0.717) is 23.5 Å². The van der Waals surface area contributed by atoms with E-state index in [1.807, 2.05) is 30.0 Å². The fraction of sp³-hybridized carbons (Fsp3) is 0.409. The summed E-state index contributed by atoms with van der Waals surface area (Å²) in [5.74, 6) is 2.58. The van der Waals surface area contributed by atoms with Crippen molar-refractivity contribution in [2.45, 2.75) is 25.7 Å². The minimum absolute atomic E-state index is 0.0143. The highest BCUT2D eigenvalue weighted by atomic mass is 16.5. The number of nitrogens with zero attached hydrogens (tertiary/aromatic N) is 1. The number of methoxy groups -OCH3 is 1. The summed E-state index contributed by atoms with van der Waals surface area (Å²) in [7, 11) is 1.63. The molecule has 2 fully saturated rings. The molecule has 0 radical (unpaired) electrons. The van der Waals surface area contributed by atoms with Crippen LogP contribution >= 0.6 is 0 Å². The highest BCUT2D eigenvalue weighted by Crippen LogP contribution is 2.46. The number of likely N-dealkylation sites (tertiary alicyclic amines) is 1. The first-order valence-electron chi connectivity index (χ1n) is 9.39. The van der Waals surface area contributed by atoms with Crippen LogP contribution in [0.5, 0.6) is 5.75 Å². The molecule has 2 aromatic carbocycles. The van der Waals surface area contributed by atoms with Crippen molar-refractivity contribution < 1.29 is 9.53 Å². The summed E-state index contributed by atoms with van der Waals surface area (Å²) in [6.07, 6.45) is 2.37. The van der Waals surface area contributed by atoms with Gasteiger partial charge in [0.15, 0.2) is 0 Å². The van der Waals surface area contributed by atoms with Gasteiger partial charge in [0.1, 0.15) is 5.75 Å². The second-order valence-corrected chi connectivity index (χ2v) is 7.64. The number of amides is 2. The van der Waals surface area contributed by atoms with Crippen LogP contribution in [-0.2, 0) is 0 Å². The molecule has 2 unspecified atom stereocenters. The van der Waals surface area contributed by atoms with Crippen LogP contribution in [-0.4, -0.2) is 31.1 Å². The fourth-order valence-corrected chi connectivity index (χ4v) is 4.58. The highest BCUT2D eigenvalue weighted by molar-refractivity contribution is 5.91. The van der Waals surface area contributed by atoms with Crippen molar-refractivity contribution in [3.8, 4) is 5.75 Å². The molecule has 2 aromatic rings. The summed E-state index contributed by atoms with van der Waals surface area (Å²) < 4.78 is 5.37. The lowest BCUT2D eigenvalue weighted by Crippen LogP contribution is -2.34. The smallest absolute Gasteiger partial charge is 0.321 e. The van der Waals surface area contributed by atoms with E-state index in [0.717, 1.165) is 24.3 Å². The van der Waals surface area contributed by atoms with Crippen LogP contribution in [0.2, 0.25) is 0 Å². The Morgan fingerprint density at radius 3 is 2.42 bits per heavy atom. The lowest BCUT2D eigenvalue weighted by molar-refractivity contribution is 0.218. The number of fused-ring (bicyclic) bond motifs is 1. The summed E-state index contributed by atoms with van der Waals surface area (Å²) in [5.41, 5.74) is 3.30. The molecule has 4 nitrogen and oxygen atoms in total. The number of anilines is 1. The molecule has 26 heavy (non-hydrogen) atoms. The van der Waals surface area contributed by atoms with Crippen LogP contribution in [0.1, 0.15) is 29.9 Å². The Morgan fingerprint density at radius 2 is 1.77 bits per heavy atom. The molecule has 1 saturated carbocycles. The molecule has 1 aliphatic heterocycles. The van der Waals surface area contributed by atoms with Crippen LogP contribution in [0.4, 0.5) is 10.5 Å². The number of rotatable bonds is 3. The fourth-order valence-electron chi connectivity index (χ4n) is 4.58. The van der Waals surface area contributed by atoms with Gasteiger partial charge in [-0.1, -0.05) is 36.4 Å². The maximum Gasteiger partial charge on any atom is 0.321 e. The Hall–Kier alpha value is -2.49. The van der Waals surface area contributed by atoms with Gasteiger partial charge in [0.05, 0.1) is 12.8 Å². The van der Waals surface area contributed by atoms with Crippen molar-refractivity contribution in [2.75, 3.05) is 25.5 Å². The molecule has 136 valence electrons. The number of hydrogen-bond donors (Lipinski definition) is 1. The Balaban J connectivity index is 1.39. The van der Waals surface area contributed by atoms with Crippen molar-refractivity contribution >= 4 is 11.7 Å². The molecule has 0 bridgehead atoms. The molecule has 1 saturated heterocycles. The number of urea groups is 1. The van der Waals surface area contributed by atoms with E-state index in [1.165, 1.54) is 18.4 Å². The predicted molar refractivity (Wildman–Crippen MR) is 104 cm³/mol. The Kier molecular flexibility index (Phi) is 4.58. The van der Waals surface area contributed by atoms with E-state index in [1.54, 1.807) is 7.11 Å². The first-order valence-corrected chi connectivity index (χ1v) is 9.39. The quantitative estimate of drug-likeness (QED) is 0.874. The molecule has 2 atom stereocenters. The van der Waals surface area contributed by atoms with Crippen LogP contribution in [0.15, 0.2) is 48.5 Å². The number of carbonyl (C=O) groups is 1. The van der Waals surface area contributed by atoms with Crippen LogP contribution in [0.3, 0.4) is 0 Å². The number of carbonyl (C=O) groups excluding carboxylic acids is 1. The predicted octanol–water partition coefficient (Wildman–Crippen LogP) is 4.66. The molecule has 4 heteroatoms. The second kappa shape index (κ2) is 7.02. The maximum atomic E-state index is 12.7. The average molecular weight is 350 g/mol. The number of benzene rings is 2. The lowest BCUT2D eigenvalue weighted by Gasteiger charge is -2.21. The van der Waals surface area contributed by atoms with Crippen molar-refractivity contribution in [3.63, 3.8) is 0 Å². The molecule has 1 N–H and O–H groups in total. The largest absolute Gasteiger partial charge is 0.495 e. The lowest BCUT2D eigenvalue weighted by atomic mass is 9.96. The molecular formula is C22H26N2O2. The van der Waals surface area contributed by atoms with Gasteiger partial charge in [0.25, 0.3) is 0 Å². The van der Waals surface area contributed by atoms with Crippen molar-refractivity contribution in [1.82, 2.24) is 4.90 Å². The van der Waals surface area contributed by atoms with Gasteiger partial charge in [-0.2, -0.15) is 0 Å². The Bertz CT molecular complexity index is 776. The monoisotopic (exact) mass is 350 g/mol. The van der Waals surface area contributed by atoms with Gasteiger partial charge in [-0.3, -0.25) is 0 Å². The molecule has 2 amide bonds. The van der Waals surface area contributed by atoms with Crippen molar-refractivity contribution in [3.05, 3.63) is 59.7 Å². The van der Waals surface area contributed by atoms with Gasteiger partial charge in [-0.15, -0.1) is 0 Å². The third kappa shape index (κ3) is 3.28. The van der Waals surface area contributed by atoms with Gasteiger partial charge in [-0.05, 0) is 60.8 Å². The first-order chi connectivity index (χ1) is 12.6. The zero-order valence-corrected chi connectivity index (χ0v) is 15.4. The molecule has 2 aliphatic rings. The zero-order chi connectivity index (χ0) is 18.1. The normalized spacial score (nSPS) is 24.4. The van der Waals surface area contributed by atoms with Crippen molar-refractivity contribution in [1.29, 1.82) is 0 Å². The van der Waals surface area contributed by atoms with Gasteiger partial charge in [0.2, 0.25) is 0 Å². The third-order valence-corrected chi connectivity index (χ3v) is 5.91. The third-order valence-electron chi connectivity index (χ3n) is 5.91. The van der Waals surface area contributed by atoms with Gasteiger partial charge in [-0.25, -0.2) is 4.79 Å².